The first-order chi connectivity index (χ1) is 12.5. The van der Waals surface area contributed by atoms with Gasteiger partial charge in [-0.2, -0.15) is 10.4 Å². The molecule has 1 amide bonds. The largest absolute Gasteiger partial charge is 0.490 e. The van der Waals surface area contributed by atoms with Crippen LogP contribution in [0.15, 0.2) is 29.9 Å². The number of benzene rings is 1. The minimum atomic E-state index is -0.511. The van der Waals surface area contributed by atoms with Gasteiger partial charge in [-0.1, -0.05) is 6.08 Å². The molecule has 0 heterocycles. The Kier molecular flexibility index (Phi) is 8.96. The molecule has 1 aromatic rings. The number of nitrogens with one attached hydrogen (secondary N) is 1. The fraction of sp³-hybridized carbons (Fsp3) is 0.333. The molecule has 0 unspecified atom stereocenters. The molecule has 0 aliphatic heterocycles. The summed E-state index contributed by atoms with van der Waals surface area (Å²) in [6.07, 6.45) is 3.31. The van der Waals surface area contributed by atoms with Gasteiger partial charge in [0.05, 0.1) is 26.0 Å². The van der Waals surface area contributed by atoms with Gasteiger partial charge in [-0.3, -0.25) is 4.79 Å². The van der Waals surface area contributed by atoms with Crippen molar-refractivity contribution < 1.29 is 23.8 Å². The summed E-state index contributed by atoms with van der Waals surface area (Å²) in [7, 11) is 1.28. The lowest BCUT2D eigenvalue weighted by atomic mass is 10.1. The number of rotatable bonds is 10. The van der Waals surface area contributed by atoms with Gasteiger partial charge in [0.1, 0.15) is 6.42 Å². The van der Waals surface area contributed by atoms with E-state index in [4.69, 9.17) is 14.7 Å². The van der Waals surface area contributed by atoms with E-state index in [1.807, 2.05) is 6.92 Å². The van der Waals surface area contributed by atoms with E-state index in [-0.39, 0.29) is 13.0 Å². The van der Waals surface area contributed by atoms with Gasteiger partial charge in [0.25, 0.3) is 5.91 Å². The fourth-order valence-electron chi connectivity index (χ4n) is 1.97. The Hall–Kier alpha value is -3.34. The van der Waals surface area contributed by atoms with E-state index in [9.17, 15) is 9.59 Å². The van der Waals surface area contributed by atoms with E-state index in [1.54, 1.807) is 24.3 Å². The molecule has 138 valence electrons. The summed E-state index contributed by atoms with van der Waals surface area (Å²) in [6.45, 7) is 5.67. The van der Waals surface area contributed by atoms with Gasteiger partial charge in [0, 0.05) is 5.56 Å². The van der Waals surface area contributed by atoms with Crippen LogP contribution in [0.1, 0.15) is 24.5 Å². The second kappa shape index (κ2) is 11.3. The molecule has 0 aromatic heterocycles. The van der Waals surface area contributed by atoms with Gasteiger partial charge < -0.3 is 14.2 Å². The lowest BCUT2D eigenvalue weighted by Crippen LogP contribution is -2.16. The summed E-state index contributed by atoms with van der Waals surface area (Å²) >= 11 is 0. The quantitative estimate of drug-likeness (QED) is 0.295. The second-order valence-electron chi connectivity index (χ2n) is 4.93. The van der Waals surface area contributed by atoms with E-state index in [1.165, 1.54) is 13.3 Å². The third kappa shape index (κ3) is 6.65. The summed E-state index contributed by atoms with van der Waals surface area (Å²) in [5.74, 6) is -0.163. The van der Waals surface area contributed by atoms with Crippen LogP contribution in [0.5, 0.6) is 11.5 Å². The van der Waals surface area contributed by atoms with Crippen LogP contribution < -0.4 is 14.9 Å². The molecule has 0 atom stereocenters. The number of carbonyl (C=O) groups is 2. The van der Waals surface area contributed by atoms with E-state index >= 15 is 0 Å². The van der Waals surface area contributed by atoms with Crippen molar-refractivity contribution in [2.24, 2.45) is 5.10 Å². The molecule has 0 radical (unpaired) electrons. The van der Waals surface area contributed by atoms with E-state index in [2.05, 4.69) is 21.8 Å². The van der Waals surface area contributed by atoms with Crippen LogP contribution in [0.3, 0.4) is 0 Å². The number of nitrogens with zero attached hydrogens (tertiary/aromatic N) is 2. The zero-order valence-corrected chi connectivity index (χ0v) is 14.8. The predicted octanol–water partition coefficient (Wildman–Crippen LogP) is 1.73. The van der Waals surface area contributed by atoms with E-state index in [0.717, 1.165) is 5.56 Å². The molecule has 1 rings (SSSR count). The third-order valence-electron chi connectivity index (χ3n) is 3.02. The molecule has 26 heavy (non-hydrogen) atoms. The van der Waals surface area contributed by atoms with Crippen molar-refractivity contribution in [3.8, 4) is 17.6 Å². The van der Waals surface area contributed by atoms with Gasteiger partial charge in [0.2, 0.25) is 0 Å². The zero-order valence-electron chi connectivity index (χ0n) is 14.8. The highest BCUT2D eigenvalue weighted by atomic mass is 16.6. The van der Waals surface area contributed by atoms with Gasteiger partial charge >= 0.3 is 5.97 Å². The number of ether oxygens (including phenoxy) is 3. The van der Waals surface area contributed by atoms with Crippen LogP contribution in [0.2, 0.25) is 0 Å². The maximum Gasteiger partial charge on any atom is 0.343 e. The van der Waals surface area contributed by atoms with Crippen molar-refractivity contribution >= 4 is 18.1 Å². The van der Waals surface area contributed by atoms with Crippen molar-refractivity contribution in [1.82, 2.24) is 5.43 Å². The van der Waals surface area contributed by atoms with Gasteiger partial charge in [-0.15, -0.1) is 6.58 Å². The Labute approximate surface area is 152 Å². The summed E-state index contributed by atoms with van der Waals surface area (Å²) in [4.78, 5) is 22.6. The third-order valence-corrected chi connectivity index (χ3v) is 3.02. The number of hydrogen-bond acceptors (Lipinski definition) is 7. The van der Waals surface area contributed by atoms with Crippen LogP contribution in [-0.4, -0.2) is 38.4 Å². The van der Waals surface area contributed by atoms with Crippen molar-refractivity contribution in [2.75, 3.05) is 20.3 Å². The topological polar surface area (TPSA) is 110 Å². The Balaban J connectivity index is 3.11. The molecule has 0 aliphatic carbocycles. The fourth-order valence-corrected chi connectivity index (χ4v) is 1.97. The number of hydrogen-bond donors (Lipinski definition) is 1. The molecule has 0 fully saturated rings. The van der Waals surface area contributed by atoms with Crippen molar-refractivity contribution in [3.63, 3.8) is 0 Å². The lowest BCUT2D eigenvalue weighted by Gasteiger charge is -2.16. The first kappa shape index (κ1) is 20.7. The van der Waals surface area contributed by atoms with Gasteiger partial charge in [0.15, 0.2) is 18.1 Å². The number of amides is 1. The summed E-state index contributed by atoms with van der Waals surface area (Å²) in [5, 5.41) is 12.3. The van der Waals surface area contributed by atoms with E-state index in [0.29, 0.717) is 30.1 Å². The minimum Gasteiger partial charge on any atom is -0.490 e. The molecular weight excluding hydrogens is 338 g/mol. The molecule has 1 aromatic carbocycles. The first-order valence-electron chi connectivity index (χ1n) is 7.84. The van der Waals surface area contributed by atoms with Crippen LogP contribution in [-0.2, 0) is 20.7 Å². The maximum absolute atomic E-state index is 11.4. The number of carbonyl (C=O) groups excluding carboxylic acids is 2. The maximum atomic E-state index is 11.4. The van der Waals surface area contributed by atoms with Crippen LogP contribution >= 0.6 is 0 Å². The van der Waals surface area contributed by atoms with Gasteiger partial charge in [-0.05, 0) is 31.0 Å². The Morgan fingerprint density at radius 1 is 1.38 bits per heavy atom. The summed E-state index contributed by atoms with van der Waals surface area (Å²) < 4.78 is 15.7. The normalized spacial score (nSPS) is 10.0. The van der Waals surface area contributed by atoms with Crippen molar-refractivity contribution in [3.05, 3.63) is 35.9 Å². The highest BCUT2D eigenvalue weighted by Gasteiger charge is 2.14. The van der Waals surface area contributed by atoms with Crippen molar-refractivity contribution in [2.45, 2.75) is 19.8 Å². The number of allylic oxidation sites excluding steroid dienone is 1. The average molecular weight is 359 g/mol. The van der Waals surface area contributed by atoms with Crippen LogP contribution in [0.25, 0.3) is 0 Å². The highest BCUT2D eigenvalue weighted by Crippen LogP contribution is 2.33. The molecule has 0 bridgehead atoms. The number of hydrazone groups is 1. The first-order valence-corrected chi connectivity index (χ1v) is 7.84. The summed E-state index contributed by atoms with van der Waals surface area (Å²) in [5.41, 5.74) is 3.63. The van der Waals surface area contributed by atoms with E-state index < -0.39 is 11.9 Å². The molecule has 0 saturated carbocycles. The highest BCUT2D eigenvalue weighted by molar-refractivity contribution is 5.84. The predicted molar refractivity (Wildman–Crippen MR) is 95.0 cm³/mol. The number of esters is 1. The Bertz CT molecular complexity index is 722. The molecule has 8 heteroatoms. The molecule has 0 spiro atoms. The monoisotopic (exact) mass is 359 g/mol. The second-order valence-corrected chi connectivity index (χ2v) is 4.93. The minimum absolute atomic E-state index is 0.252. The Morgan fingerprint density at radius 3 is 2.77 bits per heavy atom. The molecular formula is C18H21N3O5. The lowest BCUT2D eigenvalue weighted by molar-refractivity contribution is -0.143. The standard InChI is InChI=1S/C18H21N3O5/c1-4-6-14-9-13(11-20-21-16(22)7-8-19)10-15(25-5-2)18(14)26-12-17(23)24-3/h4,9-11H,1,5-7,12H2,2-3H3,(H,21,22). The number of methoxy groups -OCH3 is 1. The summed E-state index contributed by atoms with van der Waals surface area (Å²) in [6, 6.07) is 5.18. The average Bonchev–Trinajstić information content (AvgIpc) is 2.61. The van der Waals surface area contributed by atoms with Gasteiger partial charge in [-0.25, -0.2) is 10.2 Å². The van der Waals surface area contributed by atoms with Crippen molar-refractivity contribution in [1.29, 1.82) is 5.26 Å². The van der Waals surface area contributed by atoms with Crippen LogP contribution in [0, 0.1) is 11.3 Å². The van der Waals surface area contributed by atoms with Crippen LogP contribution in [0.4, 0.5) is 0 Å². The Morgan fingerprint density at radius 2 is 2.15 bits per heavy atom. The number of nitriles is 1. The SMILES string of the molecule is C=CCc1cc(C=NNC(=O)CC#N)cc(OCC)c1OCC(=O)OC. The smallest absolute Gasteiger partial charge is 0.343 e. The molecule has 0 saturated heterocycles. The molecule has 0 aliphatic rings. The molecule has 1 N–H and O–H groups in total. The molecule has 8 nitrogen and oxygen atoms in total. The zero-order chi connectivity index (χ0) is 19.4.